The highest BCUT2D eigenvalue weighted by Crippen LogP contribution is 2.26. The van der Waals surface area contributed by atoms with Gasteiger partial charge in [-0.2, -0.15) is 0 Å². The highest BCUT2D eigenvalue weighted by Gasteiger charge is 2.17. The maximum absolute atomic E-state index is 5.92. The second-order valence-corrected chi connectivity index (χ2v) is 4.98. The Bertz CT molecular complexity index is 332. The van der Waals surface area contributed by atoms with Crippen molar-refractivity contribution in [3.05, 3.63) is 23.5 Å². The van der Waals surface area contributed by atoms with Crippen LogP contribution in [0.25, 0.3) is 0 Å². The molecule has 1 fully saturated rings. The number of nitrogens with zero attached hydrogens (tertiary/aromatic N) is 2. The Morgan fingerprint density at radius 3 is 2.56 bits per heavy atom. The van der Waals surface area contributed by atoms with Gasteiger partial charge in [0.1, 0.15) is 5.15 Å². The largest absolute Gasteiger partial charge is 0.371 e. The van der Waals surface area contributed by atoms with E-state index in [1.807, 2.05) is 12.1 Å². The number of hydrogen-bond donors (Lipinski definition) is 0. The van der Waals surface area contributed by atoms with Gasteiger partial charge in [0.25, 0.3) is 0 Å². The van der Waals surface area contributed by atoms with Crippen LogP contribution in [-0.2, 0) is 0 Å². The van der Waals surface area contributed by atoms with E-state index in [0.717, 1.165) is 0 Å². The van der Waals surface area contributed by atoms with Gasteiger partial charge in [0.05, 0.1) is 0 Å². The van der Waals surface area contributed by atoms with Crippen molar-refractivity contribution in [3.8, 4) is 0 Å². The number of hydrogen-bond acceptors (Lipinski definition) is 2. The van der Waals surface area contributed by atoms with Crippen LogP contribution in [0.1, 0.15) is 38.5 Å². The van der Waals surface area contributed by atoms with Crippen molar-refractivity contribution in [1.29, 1.82) is 0 Å². The van der Waals surface area contributed by atoms with Crippen molar-refractivity contribution < 1.29 is 0 Å². The monoisotopic (exact) mass is 238 g/mol. The first-order valence-electron chi connectivity index (χ1n) is 6.12. The molecule has 0 unspecified atom stereocenters. The summed E-state index contributed by atoms with van der Waals surface area (Å²) in [6.07, 6.45) is 9.88. The lowest BCUT2D eigenvalue weighted by Gasteiger charge is -2.29. The second kappa shape index (κ2) is 5.53. The van der Waals surface area contributed by atoms with E-state index in [1.54, 1.807) is 6.20 Å². The molecule has 0 radical (unpaired) electrons. The van der Waals surface area contributed by atoms with E-state index in [4.69, 9.17) is 11.6 Å². The molecule has 0 aromatic carbocycles. The van der Waals surface area contributed by atoms with Crippen LogP contribution in [0.3, 0.4) is 0 Å². The molecule has 1 aliphatic rings. The summed E-state index contributed by atoms with van der Waals surface area (Å²) in [4.78, 5) is 6.38. The average Bonchev–Trinajstić information content (AvgIpc) is 2.56. The number of rotatable bonds is 2. The first kappa shape index (κ1) is 11.7. The maximum atomic E-state index is 5.92. The molecule has 1 heterocycles. The summed E-state index contributed by atoms with van der Waals surface area (Å²) in [5.41, 5.74) is 1.19. The normalized spacial score (nSPS) is 18.1. The van der Waals surface area contributed by atoms with E-state index < -0.39 is 0 Å². The molecule has 0 amide bonds. The number of aromatic nitrogens is 1. The zero-order chi connectivity index (χ0) is 11.4. The van der Waals surface area contributed by atoms with Gasteiger partial charge in [0, 0.05) is 25.0 Å². The third-order valence-corrected chi connectivity index (χ3v) is 3.70. The Balaban J connectivity index is 2.07. The summed E-state index contributed by atoms with van der Waals surface area (Å²) >= 11 is 5.92. The van der Waals surface area contributed by atoms with Crippen molar-refractivity contribution in [3.63, 3.8) is 0 Å². The molecule has 1 aromatic heterocycles. The van der Waals surface area contributed by atoms with Crippen LogP contribution in [0, 0.1) is 0 Å². The molecule has 1 aromatic rings. The summed E-state index contributed by atoms with van der Waals surface area (Å²) in [7, 11) is 2.17. The quantitative estimate of drug-likeness (QED) is 0.574. The maximum Gasteiger partial charge on any atom is 0.131 e. The van der Waals surface area contributed by atoms with Gasteiger partial charge in [0.15, 0.2) is 0 Å². The van der Waals surface area contributed by atoms with Gasteiger partial charge >= 0.3 is 0 Å². The van der Waals surface area contributed by atoms with E-state index in [0.29, 0.717) is 11.2 Å². The first-order valence-corrected chi connectivity index (χ1v) is 6.49. The summed E-state index contributed by atoms with van der Waals surface area (Å²) in [6, 6.07) is 4.66. The van der Waals surface area contributed by atoms with E-state index in [1.165, 1.54) is 44.2 Å². The Labute approximate surface area is 103 Å². The van der Waals surface area contributed by atoms with Gasteiger partial charge in [-0.3, -0.25) is 0 Å². The van der Waals surface area contributed by atoms with Gasteiger partial charge in [-0.25, -0.2) is 4.98 Å². The molecule has 16 heavy (non-hydrogen) atoms. The van der Waals surface area contributed by atoms with Crippen LogP contribution >= 0.6 is 11.6 Å². The molecule has 2 nitrogen and oxygen atoms in total. The third-order valence-electron chi connectivity index (χ3n) is 3.49. The van der Waals surface area contributed by atoms with Crippen LogP contribution in [-0.4, -0.2) is 18.1 Å². The predicted molar refractivity (Wildman–Crippen MR) is 69.1 cm³/mol. The zero-order valence-corrected chi connectivity index (χ0v) is 10.6. The zero-order valence-electron chi connectivity index (χ0n) is 9.82. The second-order valence-electron chi connectivity index (χ2n) is 4.59. The Hall–Kier alpha value is -0.760. The van der Waals surface area contributed by atoms with E-state index >= 15 is 0 Å². The smallest absolute Gasteiger partial charge is 0.131 e. The van der Waals surface area contributed by atoms with Gasteiger partial charge in [-0.05, 0) is 25.0 Å². The van der Waals surface area contributed by atoms with Gasteiger partial charge in [0.2, 0.25) is 0 Å². The number of halogens is 1. The Morgan fingerprint density at radius 2 is 1.94 bits per heavy atom. The lowest BCUT2D eigenvalue weighted by atomic mass is 10.1. The van der Waals surface area contributed by atoms with Crippen molar-refractivity contribution in [2.24, 2.45) is 0 Å². The van der Waals surface area contributed by atoms with E-state index in [-0.39, 0.29) is 0 Å². The number of anilines is 1. The lowest BCUT2D eigenvalue weighted by molar-refractivity contribution is 0.553. The fourth-order valence-corrected chi connectivity index (χ4v) is 2.64. The minimum Gasteiger partial charge on any atom is -0.371 e. The molecular weight excluding hydrogens is 220 g/mol. The molecule has 0 saturated heterocycles. The van der Waals surface area contributed by atoms with Gasteiger partial charge < -0.3 is 4.90 Å². The predicted octanol–water partition coefficient (Wildman–Crippen LogP) is 3.89. The summed E-state index contributed by atoms with van der Waals surface area (Å²) in [5.74, 6) is 0. The fraction of sp³-hybridized carbons (Fsp3) is 0.615. The SMILES string of the molecule is CN(c1ccnc(Cl)c1)C1CCCCCC1. The average molecular weight is 239 g/mol. The fourth-order valence-electron chi connectivity index (χ4n) is 2.47. The third kappa shape index (κ3) is 2.88. The first-order chi connectivity index (χ1) is 7.77. The molecular formula is C13H19ClN2. The summed E-state index contributed by atoms with van der Waals surface area (Å²) in [6.45, 7) is 0. The van der Waals surface area contributed by atoms with Crippen molar-refractivity contribution in [2.45, 2.75) is 44.6 Å². The van der Waals surface area contributed by atoms with E-state index in [2.05, 4.69) is 16.9 Å². The van der Waals surface area contributed by atoms with Crippen LogP contribution in [0.2, 0.25) is 5.15 Å². The Morgan fingerprint density at radius 1 is 1.25 bits per heavy atom. The van der Waals surface area contributed by atoms with Crippen LogP contribution in [0.5, 0.6) is 0 Å². The topological polar surface area (TPSA) is 16.1 Å². The molecule has 0 bridgehead atoms. The molecule has 3 heteroatoms. The Kier molecular flexibility index (Phi) is 4.05. The standard InChI is InChI=1S/C13H19ClN2/c1-16(11-6-4-2-3-5-7-11)12-8-9-15-13(14)10-12/h8-11H,2-7H2,1H3. The lowest BCUT2D eigenvalue weighted by Crippen LogP contribution is -2.30. The minimum absolute atomic E-state index is 0.581. The molecule has 0 N–H and O–H groups in total. The molecule has 2 rings (SSSR count). The van der Waals surface area contributed by atoms with Gasteiger partial charge in [-0.15, -0.1) is 0 Å². The molecule has 0 atom stereocenters. The molecule has 1 aliphatic carbocycles. The molecule has 1 saturated carbocycles. The minimum atomic E-state index is 0.581. The summed E-state index contributed by atoms with van der Waals surface area (Å²) in [5, 5.41) is 0.581. The van der Waals surface area contributed by atoms with Crippen LogP contribution in [0.4, 0.5) is 5.69 Å². The van der Waals surface area contributed by atoms with E-state index in [9.17, 15) is 0 Å². The highest BCUT2D eigenvalue weighted by atomic mass is 35.5. The van der Waals surface area contributed by atoms with Crippen LogP contribution < -0.4 is 4.90 Å². The van der Waals surface area contributed by atoms with Crippen LogP contribution in [0.15, 0.2) is 18.3 Å². The molecule has 88 valence electrons. The van der Waals surface area contributed by atoms with Gasteiger partial charge in [-0.1, -0.05) is 37.3 Å². The van der Waals surface area contributed by atoms with Crippen molar-refractivity contribution in [2.75, 3.05) is 11.9 Å². The number of pyridine rings is 1. The highest BCUT2D eigenvalue weighted by molar-refractivity contribution is 6.29. The van der Waals surface area contributed by atoms with Crippen molar-refractivity contribution in [1.82, 2.24) is 4.98 Å². The molecule has 0 aliphatic heterocycles. The molecule has 0 spiro atoms. The van der Waals surface area contributed by atoms with Crippen molar-refractivity contribution >= 4 is 17.3 Å². The summed E-state index contributed by atoms with van der Waals surface area (Å²) < 4.78 is 0.